The monoisotopic (exact) mass is 301 g/mol. The molecule has 0 aliphatic rings. The summed E-state index contributed by atoms with van der Waals surface area (Å²) in [5, 5.41) is 0.872. The van der Waals surface area contributed by atoms with Gasteiger partial charge in [-0.25, -0.2) is 0 Å². The molecule has 0 saturated carbocycles. The maximum Gasteiger partial charge on any atom is 0.316 e. The first-order valence-electron chi connectivity index (χ1n) is 7.38. The molecule has 118 valence electrons. The molecule has 0 aliphatic carbocycles. The Hall–Kier alpha value is -2.10. The smallest absolute Gasteiger partial charge is 0.316 e. The fourth-order valence-electron chi connectivity index (χ4n) is 1.98. The van der Waals surface area contributed by atoms with Crippen LogP contribution in [0, 0.1) is 10.8 Å². The van der Waals surface area contributed by atoms with Crippen LogP contribution in [0.3, 0.4) is 0 Å². The van der Waals surface area contributed by atoms with Crippen molar-refractivity contribution in [3.8, 4) is 5.75 Å². The number of rotatable bonds is 1. The van der Waals surface area contributed by atoms with Gasteiger partial charge in [0.2, 0.25) is 5.91 Å². The van der Waals surface area contributed by atoms with Gasteiger partial charge in [-0.1, -0.05) is 20.8 Å². The van der Waals surface area contributed by atoms with Crippen LogP contribution >= 0.6 is 0 Å². The van der Waals surface area contributed by atoms with E-state index in [1.165, 1.54) is 0 Å². The molecular formula is C18H23NO3. The van der Waals surface area contributed by atoms with Gasteiger partial charge in [-0.15, -0.1) is 0 Å². The number of ether oxygens (including phenoxy) is 1. The summed E-state index contributed by atoms with van der Waals surface area (Å²) < 4.78 is 7.03. The molecule has 0 aliphatic heterocycles. The normalized spacial score (nSPS) is 12.5. The summed E-state index contributed by atoms with van der Waals surface area (Å²) in [4.78, 5) is 24.3. The van der Waals surface area contributed by atoms with Crippen LogP contribution in [-0.2, 0) is 4.79 Å². The molecule has 1 heterocycles. The van der Waals surface area contributed by atoms with Crippen molar-refractivity contribution in [2.45, 2.75) is 41.5 Å². The highest BCUT2D eigenvalue weighted by Gasteiger charge is 2.25. The third-order valence-corrected chi connectivity index (χ3v) is 3.35. The molecular weight excluding hydrogens is 278 g/mol. The number of carbonyl (C=O) groups excluding carboxylic acids is 2. The van der Waals surface area contributed by atoms with Gasteiger partial charge in [0.05, 0.1) is 10.9 Å². The first-order valence-corrected chi connectivity index (χ1v) is 7.38. The minimum Gasteiger partial charge on any atom is -0.426 e. The van der Waals surface area contributed by atoms with Gasteiger partial charge in [-0.3, -0.25) is 14.2 Å². The third kappa shape index (κ3) is 3.21. The largest absolute Gasteiger partial charge is 0.426 e. The van der Waals surface area contributed by atoms with E-state index < -0.39 is 10.8 Å². The highest BCUT2D eigenvalue weighted by Crippen LogP contribution is 2.27. The summed E-state index contributed by atoms with van der Waals surface area (Å²) in [6.07, 6.45) is 1.76. The van der Waals surface area contributed by atoms with E-state index in [2.05, 4.69) is 0 Å². The van der Waals surface area contributed by atoms with Crippen molar-refractivity contribution in [1.82, 2.24) is 4.57 Å². The molecule has 1 aromatic heterocycles. The standard InChI is InChI=1S/C18H23NO3/c1-17(2,3)15(20)19-10-9-12-11-13(7-8-14(12)19)22-16(21)18(4,5)6/h7-11H,1-6H3. The second kappa shape index (κ2) is 5.27. The Morgan fingerprint density at radius 2 is 1.59 bits per heavy atom. The number of hydrogen-bond acceptors (Lipinski definition) is 3. The summed E-state index contributed by atoms with van der Waals surface area (Å²) in [5.74, 6) is 0.243. The molecule has 0 atom stereocenters. The molecule has 2 rings (SSSR count). The molecule has 0 unspecified atom stereocenters. The number of hydrogen-bond donors (Lipinski definition) is 0. The molecule has 22 heavy (non-hydrogen) atoms. The maximum atomic E-state index is 12.4. The number of esters is 1. The second-order valence-corrected chi connectivity index (χ2v) is 7.60. The molecule has 0 spiro atoms. The number of fused-ring (bicyclic) bond motifs is 1. The SMILES string of the molecule is CC(C)(C)C(=O)Oc1ccc2c(ccn2C(=O)C(C)(C)C)c1. The topological polar surface area (TPSA) is 48.3 Å². The number of benzene rings is 1. The van der Waals surface area contributed by atoms with Gasteiger partial charge < -0.3 is 4.74 Å². The molecule has 0 N–H and O–H groups in total. The zero-order valence-corrected chi connectivity index (χ0v) is 14.1. The number of carbonyl (C=O) groups is 2. The van der Waals surface area contributed by atoms with E-state index in [9.17, 15) is 9.59 Å². The molecule has 4 nitrogen and oxygen atoms in total. The highest BCUT2D eigenvalue weighted by molar-refractivity contribution is 5.95. The Kier molecular flexibility index (Phi) is 3.90. The second-order valence-electron chi connectivity index (χ2n) is 7.60. The molecule has 4 heteroatoms. The van der Waals surface area contributed by atoms with Crippen LogP contribution in [0.2, 0.25) is 0 Å². The van der Waals surface area contributed by atoms with E-state index in [1.54, 1.807) is 22.9 Å². The van der Waals surface area contributed by atoms with E-state index in [0.717, 1.165) is 10.9 Å². The first-order chi connectivity index (χ1) is 10.00. The summed E-state index contributed by atoms with van der Waals surface area (Å²) in [6.45, 7) is 11.1. The van der Waals surface area contributed by atoms with Crippen LogP contribution in [0.5, 0.6) is 5.75 Å². The summed E-state index contributed by atoms with van der Waals surface area (Å²) in [6, 6.07) is 7.17. The minimum absolute atomic E-state index is 0.0296. The summed E-state index contributed by atoms with van der Waals surface area (Å²) in [7, 11) is 0. The van der Waals surface area contributed by atoms with Gasteiger partial charge in [0.1, 0.15) is 5.75 Å². The minimum atomic E-state index is -0.552. The Bertz CT molecular complexity index is 727. The number of aromatic nitrogens is 1. The molecule has 2 aromatic rings. The molecule has 1 aromatic carbocycles. The maximum absolute atomic E-state index is 12.4. The predicted octanol–water partition coefficient (Wildman–Crippen LogP) is 4.28. The van der Waals surface area contributed by atoms with Crippen molar-refractivity contribution in [3.05, 3.63) is 30.5 Å². The first kappa shape index (κ1) is 16.3. The van der Waals surface area contributed by atoms with E-state index in [-0.39, 0.29) is 11.9 Å². The van der Waals surface area contributed by atoms with Gasteiger partial charge in [-0.05, 0) is 45.0 Å². The average Bonchev–Trinajstić information content (AvgIpc) is 2.78. The molecule has 0 bridgehead atoms. The number of nitrogens with zero attached hydrogens (tertiary/aromatic N) is 1. The van der Waals surface area contributed by atoms with Crippen LogP contribution in [0.15, 0.2) is 30.5 Å². The Balaban J connectivity index is 2.35. The highest BCUT2D eigenvalue weighted by atomic mass is 16.5. The average molecular weight is 301 g/mol. The summed E-state index contributed by atoms with van der Waals surface area (Å²) in [5.41, 5.74) is -0.192. The van der Waals surface area contributed by atoms with E-state index >= 15 is 0 Å². The van der Waals surface area contributed by atoms with Gasteiger partial charge in [0.15, 0.2) is 0 Å². The lowest BCUT2D eigenvalue weighted by Gasteiger charge is -2.18. The summed E-state index contributed by atoms with van der Waals surface area (Å²) >= 11 is 0. The fraction of sp³-hybridized carbons (Fsp3) is 0.444. The zero-order valence-electron chi connectivity index (χ0n) is 14.1. The van der Waals surface area contributed by atoms with E-state index in [1.807, 2.05) is 53.7 Å². The third-order valence-electron chi connectivity index (χ3n) is 3.35. The van der Waals surface area contributed by atoms with Crippen LogP contribution < -0.4 is 4.74 Å². The molecule has 0 fully saturated rings. The molecule has 0 saturated heterocycles. The predicted molar refractivity (Wildman–Crippen MR) is 87.1 cm³/mol. The molecule has 0 radical (unpaired) electrons. The van der Waals surface area contributed by atoms with Crippen molar-refractivity contribution in [1.29, 1.82) is 0 Å². The van der Waals surface area contributed by atoms with Gasteiger partial charge in [-0.2, -0.15) is 0 Å². The van der Waals surface area contributed by atoms with Crippen molar-refractivity contribution >= 4 is 22.8 Å². The lowest BCUT2D eigenvalue weighted by molar-refractivity contribution is -0.142. The quantitative estimate of drug-likeness (QED) is 0.583. The Morgan fingerprint density at radius 3 is 2.14 bits per heavy atom. The van der Waals surface area contributed by atoms with E-state index in [0.29, 0.717) is 5.75 Å². The van der Waals surface area contributed by atoms with Crippen molar-refractivity contribution in [3.63, 3.8) is 0 Å². The van der Waals surface area contributed by atoms with Crippen LogP contribution in [-0.4, -0.2) is 16.4 Å². The van der Waals surface area contributed by atoms with Crippen molar-refractivity contribution < 1.29 is 14.3 Å². The fourth-order valence-corrected chi connectivity index (χ4v) is 1.98. The van der Waals surface area contributed by atoms with Crippen LogP contribution in [0.4, 0.5) is 0 Å². The Morgan fingerprint density at radius 1 is 0.955 bits per heavy atom. The lowest BCUT2D eigenvalue weighted by atomic mass is 9.95. The van der Waals surface area contributed by atoms with Crippen LogP contribution in [0.25, 0.3) is 10.9 Å². The van der Waals surface area contributed by atoms with Gasteiger partial charge >= 0.3 is 5.97 Å². The van der Waals surface area contributed by atoms with Crippen molar-refractivity contribution in [2.75, 3.05) is 0 Å². The van der Waals surface area contributed by atoms with Crippen molar-refractivity contribution in [2.24, 2.45) is 10.8 Å². The van der Waals surface area contributed by atoms with E-state index in [4.69, 9.17) is 4.74 Å². The van der Waals surface area contributed by atoms with Crippen LogP contribution in [0.1, 0.15) is 46.3 Å². The molecule has 0 amide bonds. The lowest BCUT2D eigenvalue weighted by Crippen LogP contribution is -2.26. The van der Waals surface area contributed by atoms with Gasteiger partial charge in [0, 0.05) is 17.0 Å². The Labute approximate surface area is 131 Å². The van der Waals surface area contributed by atoms with Gasteiger partial charge in [0.25, 0.3) is 0 Å². The zero-order chi connectivity index (χ0) is 16.7.